The molecule has 12 heavy (non-hydrogen) atoms. The molecule has 0 atom stereocenters. The molecule has 0 amide bonds. The SMILES string of the molecule is NC(CN(CCO)C1CC1)=NO. The van der Waals surface area contributed by atoms with Gasteiger partial charge in [-0.15, -0.1) is 0 Å². The van der Waals surface area contributed by atoms with Crippen LogP contribution in [0.3, 0.4) is 0 Å². The number of rotatable bonds is 5. The van der Waals surface area contributed by atoms with E-state index in [-0.39, 0.29) is 12.4 Å². The van der Waals surface area contributed by atoms with E-state index in [0.29, 0.717) is 19.1 Å². The van der Waals surface area contributed by atoms with Crippen LogP contribution in [-0.2, 0) is 0 Å². The summed E-state index contributed by atoms with van der Waals surface area (Å²) in [4.78, 5) is 2.02. The fraction of sp³-hybridized carbons (Fsp3) is 0.857. The fourth-order valence-corrected chi connectivity index (χ4v) is 1.20. The van der Waals surface area contributed by atoms with Gasteiger partial charge in [0.2, 0.25) is 0 Å². The Morgan fingerprint density at radius 2 is 2.25 bits per heavy atom. The molecule has 0 heterocycles. The van der Waals surface area contributed by atoms with Crippen molar-refractivity contribution in [1.82, 2.24) is 4.90 Å². The summed E-state index contributed by atoms with van der Waals surface area (Å²) in [5, 5.41) is 19.9. The van der Waals surface area contributed by atoms with Crippen molar-refractivity contribution in [3.63, 3.8) is 0 Å². The minimum Gasteiger partial charge on any atom is -0.409 e. The summed E-state index contributed by atoms with van der Waals surface area (Å²) in [6.07, 6.45) is 2.30. The average Bonchev–Trinajstić information content (AvgIpc) is 2.86. The van der Waals surface area contributed by atoms with Crippen LogP contribution in [0.15, 0.2) is 5.16 Å². The third kappa shape index (κ3) is 2.67. The first kappa shape index (κ1) is 9.28. The van der Waals surface area contributed by atoms with Gasteiger partial charge in [-0.1, -0.05) is 5.16 Å². The first-order valence-corrected chi connectivity index (χ1v) is 4.09. The Kier molecular flexibility index (Phi) is 3.31. The molecule has 0 aromatic heterocycles. The van der Waals surface area contributed by atoms with Crippen LogP contribution in [0, 0.1) is 0 Å². The summed E-state index contributed by atoms with van der Waals surface area (Å²) < 4.78 is 0. The number of nitrogens with two attached hydrogens (primary N) is 1. The molecule has 0 bridgehead atoms. The molecule has 1 aliphatic carbocycles. The maximum Gasteiger partial charge on any atom is 0.153 e. The van der Waals surface area contributed by atoms with Crippen LogP contribution < -0.4 is 5.73 Å². The van der Waals surface area contributed by atoms with Crippen LogP contribution in [0.5, 0.6) is 0 Å². The molecule has 0 spiro atoms. The van der Waals surface area contributed by atoms with Crippen molar-refractivity contribution in [2.45, 2.75) is 18.9 Å². The van der Waals surface area contributed by atoms with E-state index < -0.39 is 0 Å². The summed E-state index contributed by atoms with van der Waals surface area (Å²) >= 11 is 0. The van der Waals surface area contributed by atoms with Crippen LogP contribution in [0.1, 0.15) is 12.8 Å². The molecule has 0 aliphatic heterocycles. The van der Waals surface area contributed by atoms with E-state index in [2.05, 4.69) is 5.16 Å². The van der Waals surface area contributed by atoms with E-state index in [1.165, 1.54) is 0 Å². The summed E-state index contributed by atoms with van der Waals surface area (Å²) in [6.45, 7) is 1.16. The molecule has 4 N–H and O–H groups in total. The highest BCUT2D eigenvalue weighted by Crippen LogP contribution is 2.25. The molecule has 1 rings (SSSR count). The van der Waals surface area contributed by atoms with Crippen molar-refractivity contribution in [3.8, 4) is 0 Å². The number of hydrogen-bond acceptors (Lipinski definition) is 4. The molecule has 1 fully saturated rings. The average molecular weight is 173 g/mol. The zero-order valence-electron chi connectivity index (χ0n) is 6.98. The van der Waals surface area contributed by atoms with Crippen molar-refractivity contribution in [2.24, 2.45) is 10.9 Å². The summed E-state index contributed by atoms with van der Waals surface area (Å²) in [6, 6.07) is 0.525. The second kappa shape index (κ2) is 4.27. The third-order valence-electron chi connectivity index (χ3n) is 1.94. The standard InChI is InChI=1S/C7H15N3O2/c8-7(9-12)5-10(3-4-11)6-1-2-6/h6,11-12H,1-5H2,(H2,8,9). The fourth-order valence-electron chi connectivity index (χ4n) is 1.20. The zero-order valence-corrected chi connectivity index (χ0v) is 6.98. The lowest BCUT2D eigenvalue weighted by Crippen LogP contribution is -2.37. The minimum absolute atomic E-state index is 0.120. The highest BCUT2D eigenvalue weighted by atomic mass is 16.4. The van der Waals surface area contributed by atoms with E-state index in [9.17, 15) is 0 Å². The van der Waals surface area contributed by atoms with E-state index in [4.69, 9.17) is 16.0 Å². The molecule has 5 heteroatoms. The minimum atomic E-state index is 0.120. The molecule has 0 unspecified atom stereocenters. The quantitative estimate of drug-likeness (QED) is 0.220. The Labute approximate surface area is 71.5 Å². The van der Waals surface area contributed by atoms with Gasteiger partial charge in [-0.25, -0.2) is 0 Å². The van der Waals surface area contributed by atoms with Crippen molar-refractivity contribution in [1.29, 1.82) is 0 Å². The van der Waals surface area contributed by atoms with Crippen LogP contribution in [0.4, 0.5) is 0 Å². The highest BCUT2D eigenvalue weighted by Gasteiger charge is 2.28. The van der Waals surface area contributed by atoms with Gasteiger partial charge in [-0.05, 0) is 12.8 Å². The van der Waals surface area contributed by atoms with Gasteiger partial charge >= 0.3 is 0 Å². The lowest BCUT2D eigenvalue weighted by molar-refractivity contribution is 0.204. The van der Waals surface area contributed by atoms with E-state index in [0.717, 1.165) is 12.8 Å². The van der Waals surface area contributed by atoms with Gasteiger partial charge in [0.15, 0.2) is 5.84 Å². The number of aliphatic hydroxyl groups is 1. The van der Waals surface area contributed by atoms with Gasteiger partial charge in [-0.2, -0.15) is 0 Å². The topological polar surface area (TPSA) is 82.1 Å². The number of hydrogen-bond donors (Lipinski definition) is 3. The van der Waals surface area contributed by atoms with Crippen molar-refractivity contribution < 1.29 is 10.3 Å². The van der Waals surface area contributed by atoms with Gasteiger partial charge in [0.25, 0.3) is 0 Å². The Morgan fingerprint density at radius 3 is 2.67 bits per heavy atom. The zero-order chi connectivity index (χ0) is 8.97. The summed E-state index contributed by atoms with van der Waals surface area (Å²) in [5.41, 5.74) is 5.35. The van der Waals surface area contributed by atoms with Crippen molar-refractivity contribution >= 4 is 5.84 Å². The largest absolute Gasteiger partial charge is 0.409 e. The molecular weight excluding hydrogens is 158 g/mol. The molecule has 1 saturated carbocycles. The van der Waals surface area contributed by atoms with E-state index in [1.807, 2.05) is 4.90 Å². The summed E-state index contributed by atoms with van der Waals surface area (Å²) in [7, 11) is 0. The van der Waals surface area contributed by atoms with Crippen LogP contribution >= 0.6 is 0 Å². The van der Waals surface area contributed by atoms with Crippen LogP contribution in [-0.4, -0.2) is 46.8 Å². The molecule has 0 aromatic rings. The van der Waals surface area contributed by atoms with Gasteiger partial charge in [0, 0.05) is 12.6 Å². The van der Waals surface area contributed by atoms with Gasteiger partial charge in [0.05, 0.1) is 13.2 Å². The smallest absolute Gasteiger partial charge is 0.153 e. The molecule has 70 valence electrons. The second-order valence-electron chi connectivity index (χ2n) is 3.02. The monoisotopic (exact) mass is 173 g/mol. The molecule has 1 aliphatic rings. The first-order valence-electron chi connectivity index (χ1n) is 4.09. The molecule has 0 aromatic carbocycles. The highest BCUT2D eigenvalue weighted by molar-refractivity contribution is 5.81. The molecule has 0 saturated heterocycles. The van der Waals surface area contributed by atoms with E-state index >= 15 is 0 Å². The third-order valence-corrected chi connectivity index (χ3v) is 1.94. The van der Waals surface area contributed by atoms with Crippen molar-refractivity contribution in [3.05, 3.63) is 0 Å². The molecule has 5 nitrogen and oxygen atoms in total. The lowest BCUT2D eigenvalue weighted by atomic mass is 10.4. The predicted octanol–water partition coefficient (Wildman–Crippen LogP) is -0.810. The first-order chi connectivity index (χ1) is 5.77. The Morgan fingerprint density at radius 1 is 1.58 bits per heavy atom. The number of amidine groups is 1. The Hall–Kier alpha value is -0.810. The lowest BCUT2D eigenvalue weighted by Gasteiger charge is -2.19. The Bertz CT molecular complexity index is 168. The van der Waals surface area contributed by atoms with E-state index in [1.54, 1.807) is 0 Å². The second-order valence-corrected chi connectivity index (χ2v) is 3.02. The van der Waals surface area contributed by atoms with Crippen LogP contribution in [0.2, 0.25) is 0 Å². The van der Waals surface area contributed by atoms with Gasteiger partial charge < -0.3 is 16.0 Å². The van der Waals surface area contributed by atoms with Crippen LogP contribution in [0.25, 0.3) is 0 Å². The normalized spacial score (nSPS) is 18.7. The molecule has 0 radical (unpaired) electrons. The molecular formula is C7H15N3O2. The number of aliphatic hydroxyl groups excluding tert-OH is 1. The van der Waals surface area contributed by atoms with Crippen molar-refractivity contribution in [2.75, 3.05) is 19.7 Å². The maximum absolute atomic E-state index is 8.71. The number of nitrogens with zero attached hydrogens (tertiary/aromatic N) is 2. The predicted molar refractivity (Wildman–Crippen MR) is 45.1 cm³/mol. The maximum atomic E-state index is 8.71. The van der Waals surface area contributed by atoms with Gasteiger partial charge in [0.1, 0.15) is 0 Å². The summed E-state index contributed by atoms with van der Waals surface area (Å²) in [5.74, 6) is 0.204. The number of oxime groups is 1. The van der Waals surface area contributed by atoms with Gasteiger partial charge in [-0.3, -0.25) is 4.90 Å². The Balaban J connectivity index is 2.32.